The maximum absolute atomic E-state index is 12.6. The van der Waals surface area contributed by atoms with Crippen molar-refractivity contribution in [3.8, 4) is 0 Å². The van der Waals surface area contributed by atoms with Gasteiger partial charge in [0.2, 0.25) is 11.0 Å². The lowest BCUT2D eigenvalue weighted by Crippen LogP contribution is -2.50. The minimum Gasteiger partial charge on any atom is -0.338 e. The quantitative estimate of drug-likeness (QED) is 0.938. The topological polar surface area (TPSA) is 75.2 Å². The highest BCUT2D eigenvalue weighted by molar-refractivity contribution is 7.13. The van der Waals surface area contributed by atoms with Gasteiger partial charge in [-0.2, -0.15) is 0 Å². The number of rotatable bonds is 3. The Morgan fingerprint density at radius 2 is 2.09 bits per heavy atom. The van der Waals surface area contributed by atoms with Crippen LogP contribution in [0.2, 0.25) is 0 Å². The first-order valence-electron chi connectivity index (χ1n) is 7.50. The lowest BCUT2D eigenvalue weighted by atomic mass is 9.80. The SMILES string of the molecule is CC1(C(=O)Nc2nncs2)CCCN(C(=O)c2ccccc2)C1. The molecule has 23 heavy (non-hydrogen) atoms. The van der Waals surface area contributed by atoms with Gasteiger partial charge in [-0.3, -0.25) is 14.9 Å². The van der Waals surface area contributed by atoms with Gasteiger partial charge in [0.15, 0.2) is 0 Å². The van der Waals surface area contributed by atoms with E-state index in [2.05, 4.69) is 15.5 Å². The number of nitrogens with zero attached hydrogens (tertiary/aromatic N) is 3. The van der Waals surface area contributed by atoms with Gasteiger partial charge in [-0.1, -0.05) is 29.5 Å². The first kappa shape index (κ1) is 15.6. The van der Waals surface area contributed by atoms with Crippen LogP contribution in [0.1, 0.15) is 30.1 Å². The predicted molar refractivity (Wildman–Crippen MR) is 88.2 cm³/mol. The third-order valence-electron chi connectivity index (χ3n) is 4.13. The molecule has 0 radical (unpaired) electrons. The van der Waals surface area contributed by atoms with E-state index in [0.717, 1.165) is 12.8 Å². The predicted octanol–water partition coefficient (Wildman–Crippen LogP) is 2.42. The third kappa shape index (κ3) is 3.39. The Labute approximate surface area is 138 Å². The zero-order chi connectivity index (χ0) is 16.3. The van der Waals surface area contributed by atoms with Crippen LogP contribution in [0.15, 0.2) is 35.8 Å². The highest BCUT2D eigenvalue weighted by Crippen LogP contribution is 2.31. The highest BCUT2D eigenvalue weighted by Gasteiger charge is 2.39. The molecule has 0 saturated carbocycles. The van der Waals surface area contributed by atoms with Crippen molar-refractivity contribution in [2.24, 2.45) is 5.41 Å². The summed E-state index contributed by atoms with van der Waals surface area (Å²) in [5.41, 5.74) is 1.61. The number of hydrogen-bond donors (Lipinski definition) is 1. The minimum atomic E-state index is -0.617. The van der Waals surface area contributed by atoms with Crippen LogP contribution in [-0.4, -0.2) is 40.0 Å². The molecule has 0 bridgehead atoms. The first-order chi connectivity index (χ1) is 11.1. The maximum Gasteiger partial charge on any atom is 0.253 e. The first-order valence-corrected chi connectivity index (χ1v) is 8.38. The molecular weight excluding hydrogens is 312 g/mol. The molecule has 1 aliphatic rings. The average Bonchev–Trinajstić information content (AvgIpc) is 3.08. The molecule has 1 fully saturated rings. The smallest absolute Gasteiger partial charge is 0.253 e. The zero-order valence-corrected chi connectivity index (χ0v) is 13.7. The van der Waals surface area contributed by atoms with Crippen molar-refractivity contribution >= 4 is 28.3 Å². The molecule has 1 N–H and O–H groups in total. The molecule has 0 aliphatic carbocycles. The number of benzene rings is 1. The summed E-state index contributed by atoms with van der Waals surface area (Å²) in [4.78, 5) is 26.9. The van der Waals surface area contributed by atoms with E-state index in [1.54, 1.807) is 22.5 Å². The van der Waals surface area contributed by atoms with Gasteiger partial charge in [-0.05, 0) is 31.9 Å². The summed E-state index contributed by atoms with van der Waals surface area (Å²) in [6.07, 6.45) is 1.55. The van der Waals surface area contributed by atoms with Gasteiger partial charge in [0.25, 0.3) is 5.91 Å². The molecule has 120 valence electrons. The fourth-order valence-corrected chi connectivity index (χ4v) is 3.28. The molecule has 1 saturated heterocycles. The van der Waals surface area contributed by atoms with Crippen molar-refractivity contribution in [3.63, 3.8) is 0 Å². The van der Waals surface area contributed by atoms with Gasteiger partial charge in [0.1, 0.15) is 5.51 Å². The van der Waals surface area contributed by atoms with Crippen molar-refractivity contribution in [1.29, 1.82) is 0 Å². The second kappa shape index (κ2) is 6.45. The fraction of sp³-hybridized carbons (Fsp3) is 0.375. The van der Waals surface area contributed by atoms with E-state index in [4.69, 9.17) is 0 Å². The number of carbonyl (C=O) groups excluding carboxylic acids is 2. The molecule has 0 spiro atoms. The average molecular weight is 330 g/mol. The lowest BCUT2D eigenvalue weighted by molar-refractivity contribution is -0.127. The van der Waals surface area contributed by atoms with E-state index < -0.39 is 5.41 Å². The van der Waals surface area contributed by atoms with Gasteiger partial charge in [-0.15, -0.1) is 10.2 Å². The van der Waals surface area contributed by atoms with Crippen LogP contribution < -0.4 is 5.32 Å². The van der Waals surface area contributed by atoms with E-state index in [1.807, 2.05) is 25.1 Å². The second-order valence-electron chi connectivity index (χ2n) is 5.95. The molecule has 3 rings (SSSR count). The van der Waals surface area contributed by atoms with Crippen LogP contribution in [-0.2, 0) is 4.79 Å². The number of likely N-dealkylation sites (tertiary alicyclic amines) is 1. The number of amides is 2. The summed E-state index contributed by atoms with van der Waals surface area (Å²) < 4.78 is 0. The summed E-state index contributed by atoms with van der Waals surface area (Å²) in [5.74, 6) is -0.139. The maximum atomic E-state index is 12.6. The van der Waals surface area contributed by atoms with E-state index in [0.29, 0.717) is 23.8 Å². The van der Waals surface area contributed by atoms with Crippen molar-refractivity contribution in [2.45, 2.75) is 19.8 Å². The van der Waals surface area contributed by atoms with Crippen molar-refractivity contribution in [3.05, 3.63) is 41.4 Å². The largest absolute Gasteiger partial charge is 0.338 e. The standard InChI is InChI=1S/C16H18N4O2S/c1-16(14(22)18-15-19-17-11-23-15)8-5-9-20(10-16)13(21)12-6-3-2-4-7-12/h2-4,6-7,11H,5,8-10H2,1H3,(H,18,19,22). The summed E-state index contributed by atoms with van der Waals surface area (Å²) in [5, 5.41) is 10.8. The summed E-state index contributed by atoms with van der Waals surface area (Å²) in [6.45, 7) is 2.98. The molecule has 2 amide bonds. The number of piperidine rings is 1. The molecule has 1 atom stereocenters. The Balaban J connectivity index is 1.72. The minimum absolute atomic E-state index is 0.0276. The molecule has 2 aromatic rings. The van der Waals surface area contributed by atoms with Gasteiger partial charge in [0.05, 0.1) is 5.41 Å². The lowest BCUT2D eigenvalue weighted by Gasteiger charge is -2.39. The van der Waals surface area contributed by atoms with Crippen molar-refractivity contribution in [1.82, 2.24) is 15.1 Å². The number of hydrogen-bond acceptors (Lipinski definition) is 5. The van der Waals surface area contributed by atoms with Crippen LogP contribution in [0.4, 0.5) is 5.13 Å². The monoisotopic (exact) mass is 330 g/mol. The second-order valence-corrected chi connectivity index (χ2v) is 6.79. The number of nitrogens with one attached hydrogen (secondary N) is 1. The molecule has 7 heteroatoms. The zero-order valence-electron chi connectivity index (χ0n) is 12.9. The van der Waals surface area contributed by atoms with Gasteiger partial charge in [-0.25, -0.2) is 0 Å². The molecule has 2 heterocycles. The van der Waals surface area contributed by atoms with E-state index in [1.165, 1.54) is 11.3 Å². The summed E-state index contributed by atoms with van der Waals surface area (Å²) >= 11 is 1.28. The van der Waals surface area contributed by atoms with Crippen LogP contribution in [0, 0.1) is 5.41 Å². The van der Waals surface area contributed by atoms with Crippen LogP contribution in [0.3, 0.4) is 0 Å². The van der Waals surface area contributed by atoms with Gasteiger partial charge < -0.3 is 4.90 Å². The van der Waals surface area contributed by atoms with E-state index in [9.17, 15) is 9.59 Å². The highest BCUT2D eigenvalue weighted by atomic mass is 32.1. The Kier molecular flexibility index (Phi) is 4.38. The van der Waals surface area contributed by atoms with Crippen LogP contribution in [0.5, 0.6) is 0 Å². The van der Waals surface area contributed by atoms with Crippen LogP contribution in [0.25, 0.3) is 0 Å². The Morgan fingerprint density at radius 3 is 2.78 bits per heavy atom. The third-order valence-corrected chi connectivity index (χ3v) is 4.74. The molecule has 6 nitrogen and oxygen atoms in total. The van der Waals surface area contributed by atoms with Gasteiger partial charge >= 0.3 is 0 Å². The molecule has 1 aliphatic heterocycles. The van der Waals surface area contributed by atoms with Crippen LogP contribution >= 0.6 is 11.3 Å². The van der Waals surface area contributed by atoms with E-state index in [-0.39, 0.29) is 11.8 Å². The molecular formula is C16H18N4O2S. The molecule has 1 aromatic heterocycles. The summed E-state index contributed by atoms with van der Waals surface area (Å²) in [7, 11) is 0. The number of anilines is 1. The Bertz CT molecular complexity index is 689. The van der Waals surface area contributed by atoms with Gasteiger partial charge in [0, 0.05) is 18.7 Å². The number of aromatic nitrogens is 2. The molecule has 1 aromatic carbocycles. The fourth-order valence-electron chi connectivity index (χ4n) is 2.84. The van der Waals surface area contributed by atoms with Crippen molar-refractivity contribution < 1.29 is 9.59 Å². The van der Waals surface area contributed by atoms with E-state index >= 15 is 0 Å². The number of carbonyl (C=O) groups is 2. The Morgan fingerprint density at radius 1 is 1.30 bits per heavy atom. The normalized spacial score (nSPS) is 21.0. The molecule has 1 unspecified atom stereocenters. The van der Waals surface area contributed by atoms with Crippen molar-refractivity contribution in [2.75, 3.05) is 18.4 Å². The summed E-state index contributed by atoms with van der Waals surface area (Å²) in [6, 6.07) is 9.18. The Hall–Kier alpha value is -2.28.